The SMILES string of the molecule is Cc1[nH]cnc1-c1nccn1[C@H](Cc1ccccc1)C(=O)O. The van der Waals surface area contributed by atoms with Crippen molar-refractivity contribution in [3.63, 3.8) is 0 Å². The first-order chi connectivity index (χ1) is 10.7. The zero-order chi connectivity index (χ0) is 15.5. The van der Waals surface area contributed by atoms with Crippen LogP contribution in [-0.2, 0) is 11.2 Å². The van der Waals surface area contributed by atoms with Gasteiger partial charge in [0.2, 0.25) is 0 Å². The van der Waals surface area contributed by atoms with Gasteiger partial charge in [-0.15, -0.1) is 0 Å². The average Bonchev–Trinajstić information content (AvgIpc) is 3.13. The fourth-order valence-corrected chi connectivity index (χ4v) is 2.47. The molecule has 1 atom stereocenters. The van der Waals surface area contributed by atoms with E-state index in [0.29, 0.717) is 17.9 Å². The van der Waals surface area contributed by atoms with Crippen LogP contribution in [0.5, 0.6) is 0 Å². The molecule has 3 rings (SSSR count). The number of nitrogens with zero attached hydrogens (tertiary/aromatic N) is 3. The first-order valence-electron chi connectivity index (χ1n) is 6.96. The minimum atomic E-state index is -0.892. The molecule has 6 heteroatoms. The molecule has 0 bridgehead atoms. The molecule has 0 amide bonds. The van der Waals surface area contributed by atoms with Gasteiger partial charge in [0.05, 0.1) is 6.33 Å². The molecule has 2 heterocycles. The van der Waals surface area contributed by atoms with E-state index in [0.717, 1.165) is 11.3 Å². The van der Waals surface area contributed by atoms with E-state index in [1.165, 1.54) is 0 Å². The smallest absolute Gasteiger partial charge is 0.327 e. The fourth-order valence-electron chi connectivity index (χ4n) is 2.47. The summed E-state index contributed by atoms with van der Waals surface area (Å²) in [7, 11) is 0. The molecule has 0 radical (unpaired) electrons. The predicted molar refractivity (Wildman–Crippen MR) is 81.4 cm³/mol. The number of carboxylic acid groups (broad SMARTS) is 1. The van der Waals surface area contributed by atoms with Crippen LogP contribution in [0.1, 0.15) is 17.3 Å². The number of rotatable bonds is 5. The van der Waals surface area contributed by atoms with E-state index in [1.807, 2.05) is 37.3 Å². The van der Waals surface area contributed by atoms with Crippen molar-refractivity contribution in [1.82, 2.24) is 19.5 Å². The van der Waals surface area contributed by atoms with Gasteiger partial charge >= 0.3 is 5.97 Å². The number of imidazole rings is 2. The molecule has 0 fully saturated rings. The van der Waals surface area contributed by atoms with Crippen LogP contribution < -0.4 is 0 Å². The molecule has 112 valence electrons. The van der Waals surface area contributed by atoms with Gasteiger partial charge < -0.3 is 14.7 Å². The minimum absolute atomic E-state index is 0.392. The Hall–Kier alpha value is -2.89. The van der Waals surface area contributed by atoms with E-state index in [9.17, 15) is 9.90 Å². The number of nitrogens with one attached hydrogen (secondary N) is 1. The highest BCUT2D eigenvalue weighted by Crippen LogP contribution is 2.24. The predicted octanol–water partition coefficient (Wildman–Crippen LogP) is 2.45. The van der Waals surface area contributed by atoms with Gasteiger partial charge in [-0.05, 0) is 12.5 Å². The molecule has 0 aliphatic carbocycles. The van der Waals surface area contributed by atoms with Gasteiger partial charge in [-0.25, -0.2) is 14.8 Å². The highest BCUT2D eigenvalue weighted by Gasteiger charge is 2.24. The highest BCUT2D eigenvalue weighted by atomic mass is 16.4. The van der Waals surface area contributed by atoms with Gasteiger partial charge in [0.15, 0.2) is 5.82 Å². The van der Waals surface area contributed by atoms with Crippen molar-refractivity contribution in [2.24, 2.45) is 0 Å². The summed E-state index contributed by atoms with van der Waals surface area (Å²) in [5, 5.41) is 9.62. The van der Waals surface area contributed by atoms with Gasteiger partial charge in [0.1, 0.15) is 11.7 Å². The van der Waals surface area contributed by atoms with Crippen molar-refractivity contribution in [1.29, 1.82) is 0 Å². The van der Waals surface area contributed by atoms with Crippen LogP contribution in [-0.4, -0.2) is 30.6 Å². The lowest BCUT2D eigenvalue weighted by Crippen LogP contribution is -2.22. The number of benzene rings is 1. The number of H-pyrrole nitrogens is 1. The number of carboxylic acids is 1. The van der Waals surface area contributed by atoms with Crippen LogP contribution >= 0.6 is 0 Å². The Labute approximate surface area is 127 Å². The molecule has 2 aromatic heterocycles. The summed E-state index contributed by atoms with van der Waals surface area (Å²) in [5.74, 6) is -0.335. The lowest BCUT2D eigenvalue weighted by Gasteiger charge is -2.16. The van der Waals surface area contributed by atoms with Crippen LogP contribution in [0.25, 0.3) is 11.5 Å². The van der Waals surface area contributed by atoms with Crippen molar-refractivity contribution in [3.05, 3.63) is 60.3 Å². The molecule has 2 N–H and O–H groups in total. The van der Waals surface area contributed by atoms with E-state index in [2.05, 4.69) is 15.0 Å². The monoisotopic (exact) mass is 296 g/mol. The molecule has 22 heavy (non-hydrogen) atoms. The number of carbonyl (C=O) groups is 1. The Kier molecular flexibility index (Phi) is 3.74. The number of aromatic nitrogens is 4. The topological polar surface area (TPSA) is 83.8 Å². The van der Waals surface area contributed by atoms with Crippen LogP contribution in [0.3, 0.4) is 0 Å². The third-order valence-electron chi connectivity index (χ3n) is 3.60. The van der Waals surface area contributed by atoms with Crippen molar-refractivity contribution in [2.75, 3.05) is 0 Å². The summed E-state index contributed by atoms with van der Waals surface area (Å²) in [5.41, 5.74) is 2.49. The summed E-state index contributed by atoms with van der Waals surface area (Å²) >= 11 is 0. The molecule has 0 aliphatic rings. The van der Waals surface area contributed by atoms with E-state index in [1.54, 1.807) is 23.3 Å². The molecule has 3 aromatic rings. The molecular weight excluding hydrogens is 280 g/mol. The highest BCUT2D eigenvalue weighted by molar-refractivity contribution is 5.73. The molecule has 0 aliphatic heterocycles. The van der Waals surface area contributed by atoms with Gasteiger partial charge in [-0.1, -0.05) is 30.3 Å². The number of aromatic amines is 1. The first-order valence-corrected chi connectivity index (χ1v) is 6.96. The second-order valence-electron chi connectivity index (χ2n) is 5.08. The molecule has 1 aromatic carbocycles. The third-order valence-corrected chi connectivity index (χ3v) is 3.60. The lowest BCUT2D eigenvalue weighted by molar-refractivity contribution is -0.140. The van der Waals surface area contributed by atoms with E-state index >= 15 is 0 Å². The lowest BCUT2D eigenvalue weighted by atomic mass is 10.1. The standard InChI is InChI=1S/C16H16N4O2/c1-11-14(19-10-18-11)15-17-7-8-20(15)13(16(21)22)9-12-5-3-2-4-6-12/h2-8,10,13H,9H2,1H3,(H,18,19)(H,21,22)/t13-/m1/s1. The van der Waals surface area contributed by atoms with Crippen molar-refractivity contribution in [3.8, 4) is 11.5 Å². The van der Waals surface area contributed by atoms with Gasteiger partial charge in [0.25, 0.3) is 0 Å². The summed E-state index contributed by atoms with van der Waals surface area (Å²) in [6, 6.07) is 8.84. The number of hydrogen-bond donors (Lipinski definition) is 2. The second-order valence-corrected chi connectivity index (χ2v) is 5.08. The molecule has 0 spiro atoms. The van der Waals surface area contributed by atoms with Crippen LogP contribution in [0.15, 0.2) is 49.1 Å². The van der Waals surface area contributed by atoms with Crippen molar-refractivity contribution in [2.45, 2.75) is 19.4 Å². The number of aryl methyl sites for hydroxylation is 1. The van der Waals surface area contributed by atoms with E-state index < -0.39 is 12.0 Å². The largest absolute Gasteiger partial charge is 0.480 e. The van der Waals surface area contributed by atoms with E-state index in [4.69, 9.17) is 0 Å². The Balaban J connectivity index is 1.99. The Morgan fingerprint density at radius 3 is 2.73 bits per heavy atom. The summed E-state index contributed by atoms with van der Waals surface area (Å²) in [6.45, 7) is 1.88. The maximum atomic E-state index is 11.7. The van der Waals surface area contributed by atoms with Gasteiger partial charge in [-0.2, -0.15) is 0 Å². The second kappa shape index (κ2) is 5.85. The van der Waals surface area contributed by atoms with Crippen molar-refractivity contribution >= 4 is 5.97 Å². The quantitative estimate of drug-likeness (QED) is 0.757. The zero-order valence-corrected chi connectivity index (χ0v) is 12.1. The summed E-state index contributed by atoms with van der Waals surface area (Å²) in [4.78, 5) is 23.2. The summed E-state index contributed by atoms with van der Waals surface area (Å²) in [6.07, 6.45) is 5.26. The summed E-state index contributed by atoms with van der Waals surface area (Å²) < 4.78 is 1.67. The molecule has 0 saturated carbocycles. The molecule has 6 nitrogen and oxygen atoms in total. The number of aliphatic carboxylic acids is 1. The molecule has 0 saturated heterocycles. The number of hydrogen-bond acceptors (Lipinski definition) is 3. The Morgan fingerprint density at radius 1 is 1.32 bits per heavy atom. The normalized spacial score (nSPS) is 12.2. The Morgan fingerprint density at radius 2 is 2.09 bits per heavy atom. The first kappa shape index (κ1) is 14.1. The fraction of sp³-hybridized carbons (Fsp3) is 0.188. The van der Waals surface area contributed by atoms with Crippen molar-refractivity contribution < 1.29 is 9.90 Å². The van der Waals surface area contributed by atoms with Crippen LogP contribution in [0.4, 0.5) is 0 Å². The van der Waals surface area contributed by atoms with Crippen LogP contribution in [0, 0.1) is 6.92 Å². The third kappa shape index (κ3) is 2.63. The maximum Gasteiger partial charge on any atom is 0.327 e. The Bertz CT molecular complexity index is 776. The van der Waals surface area contributed by atoms with Gasteiger partial charge in [0, 0.05) is 24.5 Å². The minimum Gasteiger partial charge on any atom is -0.480 e. The maximum absolute atomic E-state index is 11.7. The molecular formula is C16H16N4O2. The van der Waals surface area contributed by atoms with Crippen LogP contribution in [0.2, 0.25) is 0 Å². The zero-order valence-electron chi connectivity index (χ0n) is 12.1. The van der Waals surface area contributed by atoms with E-state index in [-0.39, 0.29) is 0 Å². The molecule has 0 unspecified atom stereocenters. The van der Waals surface area contributed by atoms with Gasteiger partial charge in [-0.3, -0.25) is 0 Å². The average molecular weight is 296 g/mol.